The molecule has 1 aliphatic heterocycles. The predicted molar refractivity (Wildman–Crippen MR) is 68.4 cm³/mol. The summed E-state index contributed by atoms with van der Waals surface area (Å²) in [5.41, 5.74) is 7.51. The molecule has 5 N–H and O–H groups in total. The molecule has 0 bridgehead atoms. The maximum atomic E-state index is 11.8. The first-order valence-electron chi connectivity index (χ1n) is 5.65. The fourth-order valence-electron chi connectivity index (χ4n) is 1.92. The van der Waals surface area contributed by atoms with E-state index in [4.69, 9.17) is 11.1 Å². The lowest BCUT2D eigenvalue weighted by Gasteiger charge is -2.12. The van der Waals surface area contributed by atoms with E-state index < -0.39 is 0 Å². The predicted octanol–water partition coefficient (Wildman–Crippen LogP) is 0.957. The van der Waals surface area contributed by atoms with E-state index in [0.717, 1.165) is 19.4 Å². The van der Waals surface area contributed by atoms with E-state index in [9.17, 15) is 4.79 Å². The van der Waals surface area contributed by atoms with Gasteiger partial charge in [0.25, 0.3) is 0 Å². The van der Waals surface area contributed by atoms with Crippen LogP contribution in [0.4, 0.5) is 11.4 Å². The zero-order valence-corrected chi connectivity index (χ0v) is 9.49. The third kappa shape index (κ3) is 2.62. The summed E-state index contributed by atoms with van der Waals surface area (Å²) in [7, 11) is 0. The molecule has 1 aromatic rings. The molecule has 1 saturated heterocycles. The maximum absolute atomic E-state index is 11.8. The first-order chi connectivity index (χ1) is 8.20. The first-order valence-corrected chi connectivity index (χ1v) is 5.65. The van der Waals surface area contributed by atoms with Gasteiger partial charge in [-0.2, -0.15) is 0 Å². The Bertz CT molecular complexity index is 438. The molecular weight excluding hydrogens is 216 g/mol. The molecule has 0 aliphatic carbocycles. The van der Waals surface area contributed by atoms with Gasteiger partial charge in [0.05, 0.1) is 6.04 Å². The monoisotopic (exact) mass is 232 g/mol. The highest BCUT2D eigenvalue weighted by Crippen LogP contribution is 2.17. The van der Waals surface area contributed by atoms with Crippen molar-refractivity contribution in [1.29, 1.82) is 5.41 Å². The standard InChI is InChI=1S/C12H16N4O/c13-7-8-6-9(3-4-10(8)14)16-12(17)11-2-1-5-15-11/h3-4,6-7,11,13,15H,1-2,5,14H2,(H,16,17). The van der Waals surface area contributed by atoms with E-state index in [-0.39, 0.29) is 11.9 Å². The molecule has 0 aromatic heterocycles. The molecule has 0 spiro atoms. The van der Waals surface area contributed by atoms with Crippen molar-refractivity contribution in [2.24, 2.45) is 0 Å². The Morgan fingerprint density at radius 2 is 2.41 bits per heavy atom. The van der Waals surface area contributed by atoms with E-state index in [1.807, 2.05) is 0 Å². The summed E-state index contributed by atoms with van der Waals surface area (Å²) in [6.07, 6.45) is 3.09. The molecule has 5 heteroatoms. The van der Waals surface area contributed by atoms with Crippen molar-refractivity contribution < 1.29 is 4.79 Å². The van der Waals surface area contributed by atoms with Crippen LogP contribution in [0.5, 0.6) is 0 Å². The molecule has 0 saturated carbocycles. The molecule has 1 unspecified atom stereocenters. The molecule has 1 fully saturated rings. The third-order valence-corrected chi connectivity index (χ3v) is 2.89. The Labute approximate surface area is 99.9 Å². The van der Waals surface area contributed by atoms with E-state index >= 15 is 0 Å². The van der Waals surface area contributed by atoms with Crippen LogP contribution >= 0.6 is 0 Å². The second kappa shape index (κ2) is 4.97. The highest BCUT2D eigenvalue weighted by atomic mass is 16.2. The Morgan fingerprint density at radius 3 is 3.06 bits per heavy atom. The summed E-state index contributed by atoms with van der Waals surface area (Å²) in [5, 5.41) is 13.2. The number of nitrogens with one attached hydrogen (secondary N) is 3. The van der Waals surface area contributed by atoms with Crippen LogP contribution in [-0.2, 0) is 4.79 Å². The summed E-state index contributed by atoms with van der Waals surface area (Å²) in [6, 6.07) is 5.04. The lowest BCUT2D eigenvalue weighted by Crippen LogP contribution is -2.35. The van der Waals surface area contributed by atoms with Gasteiger partial charge in [0.1, 0.15) is 0 Å². The van der Waals surface area contributed by atoms with Crippen LogP contribution in [0.15, 0.2) is 18.2 Å². The van der Waals surface area contributed by atoms with Crippen LogP contribution in [0.3, 0.4) is 0 Å². The zero-order valence-electron chi connectivity index (χ0n) is 9.49. The summed E-state index contributed by atoms with van der Waals surface area (Å²) in [4.78, 5) is 11.8. The highest BCUT2D eigenvalue weighted by Gasteiger charge is 2.21. The van der Waals surface area contributed by atoms with Crippen molar-refractivity contribution in [3.8, 4) is 0 Å². The van der Waals surface area contributed by atoms with Gasteiger partial charge in [-0.1, -0.05) is 0 Å². The molecule has 1 amide bonds. The minimum absolute atomic E-state index is 0.0248. The molecule has 0 radical (unpaired) electrons. The number of benzene rings is 1. The number of anilines is 2. The summed E-state index contributed by atoms with van der Waals surface area (Å²) < 4.78 is 0. The molecule has 2 rings (SSSR count). The Kier molecular flexibility index (Phi) is 3.39. The highest BCUT2D eigenvalue weighted by molar-refractivity contribution is 5.96. The number of hydrogen-bond acceptors (Lipinski definition) is 4. The normalized spacial score (nSPS) is 18.9. The average molecular weight is 232 g/mol. The zero-order chi connectivity index (χ0) is 12.3. The number of nitrogen functional groups attached to an aromatic ring is 1. The second-order valence-electron chi connectivity index (χ2n) is 4.13. The van der Waals surface area contributed by atoms with Gasteiger partial charge in [0.15, 0.2) is 0 Å². The molecule has 1 aliphatic rings. The molecule has 1 heterocycles. The fraction of sp³-hybridized carbons (Fsp3) is 0.333. The van der Waals surface area contributed by atoms with Crippen LogP contribution in [0.25, 0.3) is 0 Å². The van der Waals surface area contributed by atoms with Crippen molar-refractivity contribution in [2.75, 3.05) is 17.6 Å². The van der Waals surface area contributed by atoms with Gasteiger partial charge in [0.2, 0.25) is 5.91 Å². The van der Waals surface area contributed by atoms with Crippen LogP contribution in [0.1, 0.15) is 18.4 Å². The third-order valence-electron chi connectivity index (χ3n) is 2.89. The van der Waals surface area contributed by atoms with Gasteiger partial charge in [-0.3, -0.25) is 4.79 Å². The lowest BCUT2D eigenvalue weighted by molar-refractivity contribution is -0.117. The van der Waals surface area contributed by atoms with E-state index in [1.54, 1.807) is 18.2 Å². The van der Waals surface area contributed by atoms with Gasteiger partial charge < -0.3 is 21.8 Å². The van der Waals surface area contributed by atoms with E-state index in [1.165, 1.54) is 6.21 Å². The van der Waals surface area contributed by atoms with Gasteiger partial charge in [-0.25, -0.2) is 0 Å². The van der Waals surface area contributed by atoms with Crippen LogP contribution < -0.4 is 16.4 Å². The number of hydrogen-bond donors (Lipinski definition) is 4. The molecule has 90 valence electrons. The minimum atomic E-state index is -0.101. The van der Waals surface area contributed by atoms with Gasteiger partial charge in [-0.15, -0.1) is 0 Å². The SMILES string of the molecule is N=Cc1cc(NC(=O)C2CCCN2)ccc1N. The van der Waals surface area contributed by atoms with Crippen molar-refractivity contribution in [1.82, 2.24) is 5.32 Å². The molecule has 17 heavy (non-hydrogen) atoms. The van der Waals surface area contributed by atoms with Crippen molar-refractivity contribution in [2.45, 2.75) is 18.9 Å². The topological polar surface area (TPSA) is 91.0 Å². The fourth-order valence-corrected chi connectivity index (χ4v) is 1.92. The van der Waals surface area contributed by atoms with Gasteiger partial charge in [0, 0.05) is 23.2 Å². The average Bonchev–Trinajstić information content (AvgIpc) is 2.85. The summed E-state index contributed by atoms with van der Waals surface area (Å²) in [6.45, 7) is 0.894. The number of carbonyl (C=O) groups is 1. The van der Waals surface area contributed by atoms with E-state index in [0.29, 0.717) is 16.9 Å². The molecule has 1 aromatic carbocycles. The maximum Gasteiger partial charge on any atom is 0.241 e. The number of carbonyl (C=O) groups excluding carboxylic acids is 1. The number of rotatable bonds is 3. The van der Waals surface area contributed by atoms with Crippen LogP contribution in [-0.4, -0.2) is 24.7 Å². The lowest BCUT2D eigenvalue weighted by atomic mass is 10.1. The molecular formula is C12H16N4O. The molecule has 5 nitrogen and oxygen atoms in total. The van der Waals surface area contributed by atoms with Crippen molar-refractivity contribution >= 4 is 23.5 Å². The van der Waals surface area contributed by atoms with Crippen LogP contribution in [0, 0.1) is 5.41 Å². The van der Waals surface area contributed by atoms with Crippen molar-refractivity contribution in [3.05, 3.63) is 23.8 Å². The van der Waals surface area contributed by atoms with Crippen molar-refractivity contribution in [3.63, 3.8) is 0 Å². The first kappa shape index (κ1) is 11.6. The Balaban J connectivity index is 2.07. The number of amides is 1. The Morgan fingerprint density at radius 1 is 1.59 bits per heavy atom. The minimum Gasteiger partial charge on any atom is -0.398 e. The summed E-state index contributed by atoms with van der Waals surface area (Å²) >= 11 is 0. The smallest absolute Gasteiger partial charge is 0.241 e. The number of nitrogens with two attached hydrogens (primary N) is 1. The van der Waals surface area contributed by atoms with Crippen LogP contribution in [0.2, 0.25) is 0 Å². The van der Waals surface area contributed by atoms with Gasteiger partial charge in [-0.05, 0) is 37.6 Å². The van der Waals surface area contributed by atoms with Gasteiger partial charge >= 0.3 is 0 Å². The summed E-state index contributed by atoms with van der Waals surface area (Å²) in [5.74, 6) is -0.0248. The Hall–Kier alpha value is -1.88. The quantitative estimate of drug-likeness (QED) is 0.462. The second-order valence-corrected chi connectivity index (χ2v) is 4.13. The van der Waals surface area contributed by atoms with E-state index in [2.05, 4.69) is 10.6 Å². The largest absolute Gasteiger partial charge is 0.398 e. The molecule has 1 atom stereocenters.